The monoisotopic (exact) mass is 983 g/mol. The predicted octanol–water partition coefficient (Wildman–Crippen LogP) is 12.8. The molecule has 0 bridgehead atoms. The van der Waals surface area contributed by atoms with Crippen LogP contribution in [0.15, 0.2) is 182 Å². The lowest BCUT2D eigenvalue weighted by atomic mass is 9.66. The Bertz CT molecular complexity index is 2750. The van der Waals surface area contributed by atoms with Crippen LogP contribution >= 0.6 is 0 Å². The quantitative estimate of drug-likeness (QED) is 0.149. The summed E-state index contributed by atoms with van der Waals surface area (Å²) in [6.07, 6.45) is 17.2. The van der Waals surface area contributed by atoms with Crippen LogP contribution in [-0.2, 0) is 9.47 Å². The maximum absolute atomic E-state index is 7.98. The topological polar surface area (TPSA) is 37.9 Å². The molecule has 74 heavy (non-hydrogen) atoms. The third-order valence-electron chi connectivity index (χ3n) is 20.1. The molecule has 0 spiro atoms. The molecule has 9 aliphatic rings. The first-order chi connectivity index (χ1) is 36.7. The fourth-order valence-electron chi connectivity index (χ4n) is 17.7. The van der Waals surface area contributed by atoms with Gasteiger partial charge in [0.15, 0.2) is 0 Å². The fraction of sp³-hybridized carbons (Fsp3) is 0.455. The fourth-order valence-corrected chi connectivity index (χ4v) is 17.7. The van der Waals surface area contributed by atoms with Crippen molar-refractivity contribution < 1.29 is 9.47 Å². The molecule has 15 rings (SSSR count). The lowest BCUT2D eigenvalue weighted by Gasteiger charge is -2.72. The molecule has 16 atom stereocenters. The Morgan fingerprint density at radius 2 is 0.703 bits per heavy atom. The van der Waals surface area contributed by atoms with Crippen LogP contribution in [0.3, 0.4) is 0 Å². The van der Waals surface area contributed by atoms with Crippen molar-refractivity contribution in [2.24, 2.45) is 0 Å². The van der Waals surface area contributed by atoms with Gasteiger partial charge in [-0.2, -0.15) is 0 Å². The minimum absolute atomic E-state index is 0.0988. The minimum atomic E-state index is 0.0988. The Labute approximate surface area is 439 Å². The molecule has 8 nitrogen and oxygen atoms in total. The van der Waals surface area contributed by atoms with Crippen LogP contribution in [-0.4, -0.2) is 107 Å². The van der Waals surface area contributed by atoms with Crippen LogP contribution in [0, 0.1) is 0 Å². The number of rotatable bonds is 8. The molecule has 4 saturated heterocycles. The molecule has 5 saturated carbocycles. The highest BCUT2D eigenvalue weighted by Gasteiger charge is 2.66. The summed E-state index contributed by atoms with van der Waals surface area (Å²) < 4.78 is 15.5. The first-order valence-corrected chi connectivity index (χ1v) is 29.0. The van der Waals surface area contributed by atoms with E-state index in [0.717, 1.165) is 38.5 Å². The standard InChI is InChI=1S/C66H74N6O2/c1-7-23-45(24-8-1)67(46-25-9-2-10-26-46)51-39-59-65-60(40-51)70(50-33-17-6-18-34-50)57-44-62-58(43-56(57)71(65)54-36-20-19-35-53(54)69(59)49-31-15-5-16-32-49)72-55-37-21-22-38-61(55)73-63-41-52(42-64(74-62)66(63)72)68(47-27-11-3-12-28-47)48-29-13-4-14-30-48/h1-18,23-34,51-66H,19-22,35-44H2. The van der Waals surface area contributed by atoms with Gasteiger partial charge < -0.3 is 29.1 Å². The second kappa shape index (κ2) is 19.2. The van der Waals surface area contributed by atoms with Crippen molar-refractivity contribution in [1.82, 2.24) is 9.80 Å². The molecule has 0 N–H and O–H groups in total. The largest absolute Gasteiger partial charge is 0.372 e. The summed E-state index contributed by atoms with van der Waals surface area (Å²) in [5, 5.41) is 0. The Morgan fingerprint density at radius 1 is 0.297 bits per heavy atom. The Balaban J connectivity index is 0.861. The van der Waals surface area contributed by atoms with Crippen molar-refractivity contribution in [2.45, 2.75) is 187 Å². The average Bonchev–Trinajstić information content (AvgIpc) is 3.52. The molecule has 0 radical (unpaired) electrons. The van der Waals surface area contributed by atoms with Crippen molar-refractivity contribution >= 4 is 34.1 Å². The normalized spacial score (nSPS) is 36.2. The van der Waals surface area contributed by atoms with Gasteiger partial charge in [0, 0.05) is 94.5 Å². The number of anilines is 6. The van der Waals surface area contributed by atoms with Crippen LogP contribution in [0.5, 0.6) is 0 Å². The Kier molecular flexibility index (Phi) is 11.9. The van der Waals surface area contributed by atoms with E-state index in [1.54, 1.807) is 0 Å². The number of benzene rings is 6. The van der Waals surface area contributed by atoms with E-state index in [-0.39, 0.29) is 42.5 Å². The predicted molar refractivity (Wildman–Crippen MR) is 299 cm³/mol. The van der Waals surface area contributed by atoms with E-state index in [0.29, 0.717) is 54.4 Å². The maximum Gasteiger partial charge on any atom is 0.0780 e. The minimum Gasteiger partial charge on any atom is -0.372 e. The maximum atomic E-state index is 7.98. The zero-order chi connectivity index (χ0) is 48.7. The summed E-state index contributed by atoms with van der Waals surface area (Å²) in [5.41, 5.74) is 7.89. The highest BCUT2D eigenvalue weighted by atomic mass is 16.5. The van der Waals surface area contributed by atoms with E-state index < -0.39 is 0 Å². The van der Waals surface area contributed by atoms with Crippen LogP contribution < -0.4 is 19.6 Å². The number of ether oxygens (including phenoxy) is 2. The highest BCUT2D eigenvalue weighted by molar-refractivity contribution is 5.66. The summed E-state index contributed by atoms with van der Waals surface area (Å²) in [7, 11) is 0. The molecule has 9 fully saturated rings. The number of morpholine rings is 2. The zero-order valence-electron chi connectivity index (χ0n) is 43.0. The molecule has 0 amide bonds. The summed E-state index contributed by atoms with van der Waals surface area (Å²) in [6, 6.07) is 72.8. The second-order valence-electron chi connectivity index (χ2n) is 23.7. The molecule has 380 valence electrons. The molecule has 4 aliphatic heterocycles. The van der Waals surface area contributed by atoms with Gasteiger partial charge in [-0.05, 0) is 137 Å². The second-order valence-corrected chi connectivity index (χ2v) is 23.7. The van der Waals surface area contributed by atoms with Crippen molar-refractivity contribution in [3.63, 3.8) is 0 Å². The van der Waals surface area contributed by atoms with Gasteiger partial charge in [0.2, 0.25) is 0 Å². The first-order valence-electron chi connectivity index (χ1n) is 29.0. The van der Waals surface area contributed by atoms with Crippen LogP contribution in [0.2, 0.25) is 0 Å². The molecule has 6 aromatic carbocycles. The van der Waals surface area contributed by atoms with Crippen molar-refractivity contribution in [1.29, 1.82) is 0 Å². The van der Waals surface area contributed by atoms with Gasteiger partial charge in [-0.3, -0.25) is 9.80 Å². The highest BCUT2D eigenvalue weighted by Crippen LogP contribution is 2.56. The number of hydrogen-bond acceptors (Lipinski definition) is 8. The van der Waals surface area contributed by atoms with E-state index in [9.17, 15) is 0 Å². The van der Waals surface area contributed by atoms with E-state index in [1.165, 1.54) is 85.5 Å². The van der Waals surface area contributed by atoms with Gasteiger partial charge in [0.1, 0.15) is 0 Å². The third-order valence-corrected chi connectivity index (χ3v) is 20.1. The van der Waals surface area contributed by atoms with Gasteiger partial charge in [0.25, 0.3) is 0 Å². The molecule has 16 unspecified atom stereocenters. The van der Waals surface area contributed by atoms with E-state index in [4.69, 9.17) is 9.47 Å². The molecular formula is C66H74N6O2. The number of piperazine rings is 2. The van der Waals surface area contributed by atoms with E-state index >= 15 is 0 Å². The summed E-state index contributed by atoms with van der Waals surface area (Å²) in [4.78, 5) is 17.9. The zero-order valence-corrected chi connectivity index (χ0v) is 43.0. The lowest BCUT2D eigenvalue weighted by molar-refractivity contribution is -0.279. The van der Waals surface area contributed by atoms with Crippen LogP contribution in [0.25, 0.3) is 0 Å². The summed E-state index contributed by atoms with van der Waals surface area (Å²) in [6.45, 7) is 0. The first kappa shape index (κ1) is 45.7. The molecule has 0 aromatic heterocycles. The number of fused-ring (bicyclic) bond motifs is 8. The van der Waals surface area contributed by atoms with Crippen LogP contribution in [0.4, 0.5) is 34.1 Å². The number of para-hydroxylation sites is 6. The SMILES string of the molecule is c1ccc(N(c2ccccc2)C2CC3OC4CCCCC4N4C5CC6C(CC5OC(C2)C34)N(c2ccccc2)C2CC(N(c3ccccc3)c3ccccc3)CC3C2N6C2CCCCC2N3c2ccccc2)cc1. The van der Waals surface area contributed by atoms with Crippen molar-refractivity contribution in [3.05, 3.63) is 182 Å². The molecular weight excluding hydrogens is 909 g/mol. The summed E-state index contributed by atoms with van der Waals surface area (Å²) in [5.74, 6) is 0. The van der Waals surface area contributed by atoms with E-state index in [1.807, 2.05) is 0 Å². The Hall–Kier alpha value is -5.64. The van der Waals surface area contributed by atoms with E-state index in [2.05, 4.69) is 211 Å². The van der Waals surface area contributed by atoms with Crippen molar-refractivity contribution in [3.8, 4) is 0 Å². The van der Waals surface area contributed by atoms with Crippen LogP contribution in [0.1, 0.15) is 89.9 Å². The number of nitrogens with zero attached hydrogens (tertiary/aromatic N) is 6. The average molecular weight is 983 g/mol. The Morgan fingerprint density at radius 3 is 1.22 bits per heavy atom. The lowest BCUT2D eigenvalue weighted by Crippen LogP contribution is -2.85. The third kappa shape index (κ3) is 7.66. The van der Waals surface area contributed by atoms with Gasteiger partial charge in [-0.15, -0.1) is 0 Å². The molecule has 4 heterocycles. The molecule has 6 aromatic rings. The summed E-state index contributed by atoms with van der Waals surface area (Å²) >= 11 is 0. The van der Waals surface area contributed by atoms with Gasteiger partial charge >= 0.3 is 0 Å². The van der Waals surface area contributed by atoms with Gasteiger partial charge in [-0.1, -0.05) is 135 Å². The van der Waals surface area contributed by atoms with Gasteiger partial charge in [0.05, 0.1) is 36.5 Å². The van der Waals surface area contributed by atoms with Crippen molar-refractivity contribution in [2.75, 3.05) is 19.6 Å². The van der Waals surface area contributed by atoms with Gasteiger partial charge in [-0.25, -0.2) is 0 Å². The number of hydrogen-bond donors (Lipinski definition) is 0. The molecule has 8 heteroatoms. The molecule has 5 aliphatic carbocycles. The smallest absolute Gasteiger partial charge is 0.0780 e.